The average molecular weight is 256 g/mol. The molecule has 1 saturated heterocycles. The van der Waals surface area contributed by atoms with Gasteiger partial charge in [0.15, 0.2) is 0 Å². The number of benzene rings is 1. The minimum Gasteiger partial charge on any atom is -0.366 e. The number of fused-ring (bicyclic) bond motifs is 3. The standard InChI is InChI=1S/C16H20N2O/c1-2-9-18-10-8-13-11-4-3-5-14(16(17)19)12(11)6-7-15(13)18/h2-5,13,15H,1,6-10H2,(H2,17,19)/t13-,15+/m0/s1. The molecule has 0 bridgehead atoms. The van der Waals surface area contributed by atoms with Crippen LogP contribution in [-0.4, -0.2) is 29.9 Å². The molecule has 0 spiro atoms. The average Bonchev–Trinajstić information content (AvgIpc) is 2.82. The van der Waals surface area contributed by atoms with Crippen molar-refractivity contribution in [1.82, 2.24) is 4.90 Å². The second-order valence-electron chi connectivity index (χ2n) is 5.52. The first kappa shape index (κ1) is 12.4. The summed E-state index contributed by atoms with van der Waals surface area (Å²) in [5.74, 6) is 0.263. The number of likely N-dealkylation sites (tertiary alicyclic amines) is 1. The van der Waals surface area contributed by atoms with Gasteiger partial charge < -0.3 is 5.73 Å². The second kappa shape index (κ2) is 4.82. The molecule has 2 N–H and O–H groups in total. The largest absolute Gasteiger partial charge is 0.366 e. The molecule has 0 unspecified atom stereocenters. The molecule has 0 aromatic heterocycles. The molecule has 100 valence electrons. The van der Waals surface area contributed by atoms with E-state index in [2.05, 4.69) is 17.5 Å². The Hall–Kier alpha value is -1.61. The molecule has 3 heteroatoms. The van der Waals surface area contributed by atoms with Crippen LogP contribution in [0.5, 0.6) is 0 Å². The molecule has 1 aromatic rings. The van der Waals surface area contributed by atoms with Crippen LogP contribution in [0.15, 0.2) is 30.9 Å². The van der Waals surface area contributed by atoms with E-state index in [0.29, 0.717) is 12.0 Å². The lowest BCUT2D eigenvalue weighted by Crippen LogP contribution is -2.35. The minimum absolute atomic E-state index is 0.295. The number of hydrogen-bond donors (Lipinski definition) is 1. The fourth-order valence-electron chi connectivity index (χ4n) is 3.81. The highest BCUT2D eigenvalue weighted by atomic mass is 16.1. The van der Waals surface area contributed by atoms with Gasteiger partial charge in [0.1, 0.15) is 0 Å². The molecule has 19 heavy (non-hydrogen) atoms. The molecule has 3 rings (SSSR count). The number of rotatable bonds is 3. The molecular weight excluding hydrogens is 236 g/mol. The van der Waals surface area contributed by atoms with Gasteiger partial charge >= 0.3 is 0 Å². The first-order chi connectivity index (χ1) is 9.22. The van der Waals surface area contributed by atoms with Crippen LogP contribution in [0.25, 0.3) is 0 Å². The van der Waals surface area contributed by atoms with Gasteiger partial charge in [0, 0.05) is 24.1 Å². The van der Waals surface area contributed by atoms with Crippen molar-refractivity contribution in [1.29, 1.82) is 0 Å². The molecule has 3 nitrogen and oxygen atoms in total. The Bertz CT molecular complexity index is 523. The van der Waals surface area contributed by atoms with Crippen molar-refractivity contribution in [3.05, 3.63) is 47.5 Å². The van der Waals surface area contributed by atoms with Crippen LogP contribution in [-0.2, 0) is 6.42 Å². The van der Waals surface area contributed by atoms with Crippen LogP contribution in [0.4, 0.5) is 0 Å². The Kier molecular flexibility index (Phi) is 3.15. The van der Waals surface area contributed by atoms with Crippen LogP contribution in [0.2, 0.25) is 0 Å². The normalized spacial score (nSPS) is 25.7. The van der Waals surface area contributed by atoms with Gasteiger partial charge in [-0.2, -0.15) is 0 Å². The van der Waals surface area contributed by atoms with Gasteiger partial charge in [0.25, 0.3) is 0 Å². The topological polar surface area (TPSA) is 46.3 Å². The third-order valence-corrected chi connectivity index (χ3v) is 4.59. The van der Waals surface area contributed by atoms with E-state index in [1.54, 1.807) is 0 Å². The molecule has 1 aliphatic heterocycles. The molecule has 0 radical (unpaired) electrons. The summed E-state index contributed by atoms with van der Waals surface area (Å²) in [7, 11) is 0. The zero-order valence-corrected chi connectivity index (χ0v) is 11.1. The lowest BCUT2D eigenvalue weighted by Gasteiger charge is -2.33. The smallest absolute Gasteiger partial charge is 0.248 e. The van der Waals surface area contributed by atoms with Crippen molar-refractivity contribution >= 4 is 5.91 Å². The Morgan fingerprint density at radius 2 is 2.32 bits per heavy atom. The monoisotopic (exact) mass is 256 g/mol. The molecule has 1 aliphatic carbocycles. The van der Waals surface area contributed by atoms with Gasteiger partial charge in [0.05, 0.1) is 0 Å². The summed E-state index contributed by atoms with van der Waals surface area (Å²) in [6.07, 6.45) is 5.24. The summed E-state index contributed by atoms with van der Waals surface area (Å²) in [6.45, 7) is 5.93. The molecule has 1 fully saturated rings. The maximum Gasteiger partial charge on any atom is 0.248 e. The predicted molar refractivity (Wildman–Crippen MR) is 76.2 cm³/mol. The van der Waals surface area contributed by atoms with E-state index in [9.17, 15) is 4.79 Å². The number of nitrogens with zero attached hydrogens (tertiary/aromatic N) is 1. The number of nitrogens with two attached hydrogens (primary N) is 1. The van der Waals surface area contributed by atoms with Crippen LogP contribution < -0.4 is 5.73 Å². The van der Waals surface area contributed by atoms with Crippen LogP contribution >= 0.6 is 0 Å². The first-order valence-electron chi connectivity index (χ1n) is 6.99. The highest BCUT2D eigenvalue weighted by Gasteiger charge is 2.38. The van der Waals surface area contributed by atoms with Gasteiger partial charge in [-0.05, 0) is 43.0 Å². The Morgan fingerprint density at radius 1 is 1.47 bits per heavy atom. The lowest BCUT2D eigenvalue weighted by molar-refractivity contribution is 0.0998. The number of primary amides is 1. The third kappa shape index (κ3) is 1.98. The van der Waals surface area contributed by atoms with Crippen LogP contribution in [0, 0.1) is 0 Å². The van der Waals surface area contributed by atoms with E-state index in [-0.39, 0.29) is 5.91 Å². The predicted octanol–water partition coefficient (Wildman–Crippen LogP) is 2.08. The van der Waals surface area contributed by atoms with E-state index in [4.69, 9.17) is 5.73 Å². The second-order valence-corrected chi connectivity index (χ2v) is 5.52. The summed E-state index contributed by atoms with van der Waals surface area (Å²) >= 11 is 0. The highest BCUT2D eigenvalue weighted by Crippen LogP contribution is 2.42. The van der Waals surface area contributed by atoms with Gasteiger partial charge in [-0.15, -0.1) is 6.58 Å². The van der Waals surface area contributed by atoms with E-state index in [1.165, 1.54) is 17.5 Å². The molecule has 1 aromatic carbocycles. The van der Waals surface area contributed by atoms with E-state index in [0.717, 1.165) is 31.5 Å². The number of carbonyl (C=O) groups excluding carboxylic acids is 1. The molecule has 2 atom stereocenters. The summed E-state index contributed by atoms with van der Waals surface area (Å²) in [5, 5.41) is 0. The maximum absolute atomic E-state index is 11.5. The minimum atomic E-state index is -0.295. The van der Waals surface area contributed by atoms with Crippen LogP contribution in [0.3, 0.4) is 0 Å². The SMILES string of the molecule is C=CCN1CC[C@H]2c3cccc(C(N)=O)c3CC[C@H]21. The zero-order chi connectivity index (χ0) is 13.4. The van der Waals surface area contributed by atoms with E-state index in [1.807, 2.05) is 18.2 Å². The maximum atomic E-state index is 11.5. The zero-order valence-electron chi connectivity index (χ0n) is 11.1. The Balaban J connectivity index is 1.97. The summed E-state index contributed by atoms with van der Waals surface area (Å²) in [4.78, 5) is 14.0. The molecular formula is C16H20N2O. The fourth-order valence-corrected chi connectivity index (χ4v) is 3.81. The fraction of sp³-hybridized carbons (Fsp3) is 0.438. The van der Waals surface area contributed by atoms with Crippen molar-refractivity contribution in [2.24, 2.45) is 5.73 Å². The first-order valence-corrected chi connectivity index (χ1v) is 6.99. The van der Waals surface area contributed by atoms with Crippen molar-refractivity contribution in [3.8, 4) is 0 Å². The van der Waals surface area contributed by atoms with Gasteiger partial charge in [-0.25, -0.2) is 0 Å². The lowest BCUT2D eigenvalue weighted by atomic mass is 9.77. The molecule has 1 heterocycles. The Labute approximate surface area is 114 Å². The van der Waals surface area contributed by atoms with E-state index >= 15 is 0 Å². The summed E-state index contributed by atoms with van der Waals surface area (Å²) in [5.41, 5.74) is 8.75. The van der Waals surface area contributed by atoms with Crippen molar-refractivity contribution in [3.63, 3.8) is 0 Å². The number of amides is 1. The number of hydrogen-bond acceptors (Lipinski definition) is 2. The van der Waals surface area contributed by atoms with Gasteiger partial charge in [0.2, 0.25) is 5.91 Å². The van der Waals surface area contributed by atoms with Gasteiger partial charge in [-0.3, -0.25) is 9.69 Å². The molecule has 1 amide bonds. The van der Waals surface area contributed by atoms with Gasteiger partial charge in [-0.1, -0.05) is 18.2 Å². The van der Waals surface area contributed by atoms with Crippen molar-refractivity contribution in [2.45, 2.75) is 31.2 Å². The molecule has 0 saturated carbocycles. The Morgan fingerprint density at radius 3 is 3.05 bits per heavy atom. The van der Waals surface area contributed by atoms with E-state index < -0.39 is 0 Å². The van der Waals surface area contributed by atoms with Crippen molar-refractivity contribution in [2.75, 3.05) is 13.1 Å². The summed E-state index contributed by atoms with van der Waals surface area (Å²) in [6, 6.07) is 6.61. The summed E-state index contributed by atoms with van der Waals surface area (Å²) < 4.78 is 0. The van der Waals surface area contributed by atoms with Crippen molar-refractivity contribution < 1.29 is 4.79 Å². The van der Waals surface area contributed by atoms with Crippen LogP contribution in [0.1, 0.15) is 40.2 Å². The quantitative estimate of drug-likeness (QED) is 0.842. The molecule has 2 aliphatic rings. The third-order valence-electron chi connectivity index (χ3n) is 4.59. The number of carbonyl (C=O) groups is 1. The highest BCUT2D eigenvalue weighted by molar-refractivity contribution is 5.94.